The fourth-order valence-corrected chi connectivity index (χ4v) is 2.24. The first-order valence-corrected chi connectivity index (χ1v) is 6.77. The fourth-order valence-electron chi connectivity index (χ4n) is 2.07. The summed E-state index contributed by atoms with van der Waals surface area (Å²) >= 11 is 5.83. The Kier molecular flexibility index (Phi) is 4.74. The van der Waals surface area contributed by atoms with Gasteiger partial charge < -0.3 is 10.2 Å². The molecule has 2 rings (SSSR count). The van der Waals surface area contributed by atoms with Crippen LogP contribution in [-0.2, 0) is 9.59 Å². The molecule has 0 aromatic carbocycles. The zero-order valence-corrected chi connectivity index (χ0v) is 11.3. The molecule has 19 heavy (non-hydrogen) atoms. The molecular formula is C13H16ClN3O2. The standard InChI is InChI=1S/C13H16ClN3O2/c14-11-10(6-5-7-15-11)16-12(18)13(19)17-8-3-1-2-4-9-17/h5-7H,1-4,8-9H2,(H,16,18). The van der Waals surface area contributed by atoms with E-state index in [1.165, 1.54) is 6.20 Å². The first-order chi connectivity index (χ1) is 9.18. The van der Waals surface area contributed by atoms with E-state index in [0.29, 0.717) is 18.8 Å². The average Bonchev–Trinajstić information content (AvgIpc) is 2.69. The van der Waals surface area contributed by atoms with Gasteiger partial charge in [0.1, 0.15) is 0 Å². The second-order valence-electron chi connectivity index (χ2n) is 4.50. The first-order valence-electron chi connectivity index (χ1n) is 6.39. The number of pyridine rings is 1. The van der Waals surface area contributed by atoms with E-state index in [2.05, 4.69) is 10.3 Å². The second kappa shape index (κ2) is 6.52. The molecule has 2 amide bonds. The zero-order chi connectivity index (χ0) is 13.7. The Hall–Kier alpha value is -1.62. The smallest absolute Gasteiger partial charge is 0.313 e. The van der Waals surface area contributed by atoms with Gasteiger partial charge in [0.05, 0.1) is 5.69 Å². The number of nitrogens with zero attached hydrogens (tertiary/aromatic N) is 2. The van der Waals surface area contributed by atoms with Gasteiger partial charge in [-0.05, 0) is 25.0 Å². The lowest BCUT2D eigenvalue weighted by Crippen LogP contribution is -2.40. The number of hydrogen-bond donors (Lipinski definition) is 1. The Balaban J connectivity index is 1.99. The van der Waals surface area contributed by atoms with Crippen LogP contribution in [0.4, 0.5) is 5.69 Å². The van der Waals surface area contributed by atoms with Crippen LogP contribution in [0, 0.1) is 0 Å². The molecule has 0 unspecified atom stereocenters. The molecule has 102 valence electrons. The molecule has 1 N–H and O–H groups in total. The van der Waals surface area contributed by atoms with Gasteiger partial charge in [-0.3, -0.25) is 9.59 Å². The predicted molar refractivity (Wildman–Crippen MR) is 72.9 cm³/mol. The Labute approximate surface area is 117 Å². The topological polar surface area (TPSA) is 62.3 Å². The molecule has 0 saturated carbocycles. The molecule has 1 aromatic rings. The summed E-state index contributed by atoms with van der Waals surface area (Å²) in [5.41, 5.74) is 0.359. The van der Waals surface area contributed by atoms with Crippen LogP contribution in [0.2, 0.25) is 5.15 Å². The largest absolute Gasteiger partial charge is 0.334 e. The SMILES string of the molecule is O=C(Nc1cccnc1Cl)C(=O)N1CCCCCC1. The van der Waals surface area contributed by atoms with Crippen molar-refractivity contribution in [2.24, 2.45) is 0 Å². The van der Waals surface area contributed by atoms with Gasteiger partial charge in [-0.15, -0.1) is 0 Å². The lowest BCUT2D eigenvalue weighted by atomic mass is 10.2. The normalized spacial score (nSPS) is 15.7. The van der Waals surface area contributed by atoms with E-state index in [1.54, 1.807) is 17.0 Å². The molecule has 6 heteroatoms. The minimum absolute atomic E-state index is 0.180. The minimum Gasteiger partial charge on any atom is -0.334 e. The molecule has 1 aliphatic heterocycles. The van der Waals surface area contributed by atoms with Crippen LogP contribution in [0.15, 0.2) is 18.3 Å². The van der Waals surface area contributed by atoms with Crippen LogP contribution >= 0.6 is 11.6 Å². The van der Waals surface area contributed by atoms with Gasteiger partial charge in [0.15, 0.2) is 5.15 Å². The number of likely N-dealkylation sites (tertiary alicyclic amines) is 1. The van der Waals surface area contributed by atoms with E-state index in [9.17, 15) is 9.59 Å². The quantitative estimate of drug-likeness (QED) is 0.633. The number of aromatic nitrogens is 1. The Bertz CT molecular complexity index is 471. The molecule has 2 heterocycles. The molecule has 1 aromatic heterocycles. The predicted octanol–water partition coefficient (Wildman–Crippen LogP) is 2.08. The summed E-state index contributed by atoms with van der Waals surface area (Å²) in [5.74, 6) is -1.15. The maximum Gasteiger partial charge on any atom is 0.313 e. The van der Waals surface area contributed by atoms with E-state index in [-0.39, 0.29) is 5.15 Å². The van der Waals surface area contributed by atoms with Gasteiger partial charge in [0, 0.05) is 19.3 Å². The highest BCUT2D eigenvalue weighted by molar-refractivity contribution is 6.41. The fraction of sp³-hybridized carbons (Fsp3) is 0.462. The van der Waals surface area contributed by atoms with Gasteiger partial charge in [0.2, 0.25) is 0 Å². The monoisotopic (exact) mass is 281 g/mol. The highest BCUT2D eigenvalue weighted by Gasteiger charge is 2.23. The number of carbonyl (C=O) groups excluding carboxylic acids is 2. The Morgan fingerprint density at radius 2 is 1.89 bits per heavy atom. The molecule has 0 aliphatic carbocycles. The van der Waals surface area contributed by atoms with Gasteiger partial charge in [-0.1, -0.05) is 24.4 Å². The number of rotatable bonds is 1. The summed E-state index contributed by atoms with van der Waals surface area (Å²) in [6.45, 7) is 1.29. The first kappa shape index (κ1) is 13.8. The van der Waals surface area contributed by atoms with Gasteiger partial charge in [-0.2, -0.15) is 0 Å². The third-order valence-electron chi connectivity index (χ3n) is 3.09. The van der Waals surface area contributed by atoms with E-state index >= 15 is 0 Å². The molecule has 0 radical (unpaired) electrons. The van der Waals surface area contributed by atoms with Crippen molar-refractivity contribution in [3.05, 3.63) is 23.5 Å². The van der Waals surface area contributed by atoms with Crippen molar-refractivity contribution in [2.75, 3.05) is 18.4 Å². The summed E-state index contributed by atoms with van der Waals surface area (Å²) in [5, 5.41) is 2.68. The van der Waals surface area contributed by atoms with Crippen LogP contribution in [0.25, 0.3) is 0 Å². The second-order valence-corrected chi connectivity index (χ2v) is 4.86. The molecular weight excluding hydrogens is 266 g/mol. The summed E-state index contributed by atoms with van der Waals surface area (Å²) in [7, 11) is 0. The van der Waals surface area contributed by atoms with Crippen LogP contribution in [0.5, 0.6) is 0 Å². The van der Waals surface area contributed by atoms with E-state index in [1.807, 2.05) is 0 Å². The Morgan fingerprint density at radius 3 is 2.53 bits per heavy atom. The number of nitrogens with one attached hydrogen (secondary N) is 1. The molecule has 1 saturated heterocycles. The third-order valence-corrected chi connectivity index (χ3v) is 3.40. The van der Waals surface area contributed by atoms with Crippen molar-refractivity contribution < 1.29 is 9.59 Å². The highest BCUT2D eigenvalue weighted by atomic mass is 35.5. The van der Waals surface area contributed by atoms with Crippen LogP contribution in [0.1, 0.15) is 25.7 Å². The number of amides is 2. The molecule has 5 nitrogen and oxygen atoms in total. The van der Waals surface area contributed by atoms with E-state index in [4.69, 9.17) is 11.6 Å². The summed E-state index contributed by atoms with van der Waals surface area (Å²) in [6.07, 6.45) is 5.65. The van der Waals surface area contributed by atoms with Crippen LogP contribution in [-0.4, -0.2) is 34.8 Å². The number of hydrogen-bond acceptors (Lipinski definition) is 3. The van der Waals surface area contributed by atoms with Crippen molar-refractivity contribution in [1.29, 1.82) is 0 Å². The summed E-state index contributed by atoms with van der Waals surface area (Å²) in [6, 6.07) is 3.26. The number of halogens is 1. The number of carbonyl (C=O) groups is 2. The van der Waals surface area contributed by atoms with Crippen LogP contribution < -0.4 is 5.32 Å². The number of anilines is 1. The van der Waals surface area contributed by atoms with Crippen LogP contribution in [0.3, 0.4) is 0 Å². The zero-order valence-electron chi connectivity index (χ0n) is 10.6. The van der Waals surface area contributed by atoms with Crippen molar-refractivity contribution in [3.8, 4) is 0 Å². The van der Waals surface area contributed by atoms with Crippen molar-refractivity contribution in [3.63, 3.8) is 0 Å². The van der Waals surface area contributed by atoms with E-state index in [0.717, 1.165) is 25.7 Å². The van der Waals surface area contributed by atoms with Gasteiger partial charge in [-0.25, -0.2) is 4.98 Å². The van der Waals surface area contributed by atoms with E-state index < -0.39 is 11.8 Å². The maximum absolute atomic E-state index is 12.0. The summed E-state index contributed by atoms with van der Waals surface area (Å²) < 4.78 is 0. The van der Waals surface area contributed by atoms with Gasteiger partial charge in [0.25, 0.3) is 0 Å². The lowest BCUT2D eigenvalue weighted by molar-refractivity contribution is -0.143. The molecule has 0 atom stereocenters. The Morgan fingerprint density at radius 1 is 1.21 bits per heavy atom. The summed E-state index contributed by atoms with van der Waals surface area (Å²) in [4.78, 5) is 29.4. The molecule has 0 spiro atoms. The minimum atomic E-state index is -0.656. The molecule has 0 bridgehead atoms. The third kappa shape index (κ3) is 3.67. The molecule has 1 aliphatic rings. The van der Waals surface area contributed by atoms with Crippen molar-refractivity contribution in [2.45, 2.75) is 25.7 Å². The maximum atomic E-state index is 12.0. The molecule has 1 fully saturated rings. The highest BCUT2D eigenvalue weighted by Crippen LogP contribution is 2.17. The lowest BCUT2D eigenvalue weighted by Gasteiger charge is -2.19. The average molecular weight is 282 g/mol. The van der Waals surface area contributed by atoms with Crippen molar-refractivity contribution >= 4 is 29.1 Å². The van der Waals surface area contributed by atoms with Gasteiger partial charge >= 0.3 is 11.8 Å². The van der Waals surface area contributed by atoms with Crippen molar-refractivity contribution in [1.82, 2.24) is 9.88 Å².